The highest BCUT2D eigenvalue weighted by Crippen LogP contribution is 2.26. The van der Waals surface area contributed by atoms with Crippen molar-refractivity contribution >= 4 is 41.3 Å². The van der Waals surface area contributed by atoms with Gasteiger partial charge in [0.05, 0.1) is 18.2 Å². The summed E-state index contributed by atoms with van der Waals surface area (Å²) in [6.45, 7) is 7.93. The quantitative estimate of drug-likeness (QED) is 0.361. The molecule has 0 unspecified atom stereocenters. The van der Waals surface area contributed by atoms with Gasteiger partial charge in [-0.15, -0.1) is 35.3 Å². The van der Waals surface area contributed by atoms with Crippen LogP contribution in [0.3, 0.4) is 0 Å². The molecule has 2 rings (SSSR count). The van der Waals surface area contributed by atoms with E-state index in [2.05, 4.69) is 40.9 Å². The van der Waals surface area contributed by atoms with Gasteiger partial charge in [-0.2, -0.15) is 5.26 Å². The Balaban J connectivity index is 0.00000338. The molecule has 0 bridgehead atoms. The Hall–Kier alpha value is -1.66. The highest BCUT2D eigenvalue weighted by molar-refractivity contribution is 14.0. The highest BCUT2D eigenvalue weighted by atomic mass is 127. The van der Waals surface area contributed by atoms with Crippen LogP contribution in [0.2, 0.25) is 0 Å². The van der Waals surface area contributed by atoms with Crippen molar-refractivity contribution in [3.05, 3.63) is 57.5 Å². The molecule has 0 aliphatic heterocycles. The summed E-state index contributed by atoms with van der Waals surface area (Å²) in [6.07, 6.45) is 0. The molecule has 140 valence electrons. The Morgan fingerprint density at radius 2 is 2.08 bits per heavy atom. The van der Waals surface area contributed by atoms with E-state index in [4.69, 9.17) is 5.26 Å². The molecule has 0 fully saturated rings. The average Bonchev–Trinajstić information content (AvgIpc) is 3.14. The molecule has 2 N–H and O–H groups in total. The third-order valence-corrected chi connectivity index (χ3v) is 5.05. The van der Waals surface area contributed by atoms with Gasteiger partial charge in [0.1, 0.15) is 5.82 Å². The van der Waals surface area contributed by atoms with E-state index in [1.807, 2.05) is 19.1 Å². The van der Waals surface area contributed by atoms with Crippen LogP contribution < -0.4 is 10.6 Å². The van der Waals surface area contributed by atoms with Crippen molar-refractivity contribution in [1.29, 1.82) is 5.26 Å². The maximum atomic E-state index is 13.9. The van der Waals surface area contributed by atoms with Crippen molar-refractivity contribution in [1.82, 2.24) is 10.6 Å². The molecular weight excluding hydrogens is 462 g/mol. The van der Waals surface area contributed by atoms with Crippen LogP contribution in [0.15, 0.2) is 40.7 Å². The fraction of sp³-hybridized carbons (Fsp3) is 0.368. The lowest BCUT2D eigenvalue weighted by Gasteiger charge is -2.25. The number of benzene rings is 1. The smallest absolute Gasteiger partial charge is 0.191 e. The van der Waals surface area contributed by atoms with E-state index in [9.17, 15) is 4.39 Å². The number of thiophene rings is 1. The van der Waals surface area contributed by atoms with E-state index in [0.717, 1.165) is 0 Å². The molecule has 0 spiro atoms. The lowest BCUT2D eigenvalue weighted by Crippen LogP contribution is -2.43. The standard InChI is InChI=1S/C19H23FN4S.HI/c1-4-22-18(24-13-19(2,3)17-6-5-9-25-17)23-12-15-10-14(11-21)7-8-16(15)20;/h5-10H,4,12-13H2,1-3H3,(H2,22,23,24);1H. The first kappa shape index (κ1) is 22.4. The maximum Gasteiger partial charge on any atom is 0.191 e. The lowest BCUT2D eigenvalue weighted by molar-refractivity contribution is 0.518. The Kier molecular flexibility index (Phi) is 9.02. The number of aliphatic imine (C=N–C) groups is 1. The third-order valence-electron chi connectivity index (χ3n) is 3.81. The molecule has 0 saturated heterocycles. The summed E-state index contributed by atoms with van der Waals surface area (Å²) in [5, 5.41) is 17.5. The number of guanidine groups is 1. The van der Waals surface area contributed by atoms with Crippen LogP contribution in [0.25, 0.3) is 0 Å². The summed E-state index contributed by atoms with van der Waals surface area (Å²) >= 11 is 1.73. The molecule has 0 amide bonds. The number of nitriles is 1. The topological polar surface area (TPSA) is 60.2 Å². The fourth-order valence-electron chi connectivity index (χ4n) is 2.33. The first-order valence-corrected chi connectivity index (χ1v) is 9.09. The molecule has 1 aromatic carbocycles. The molecule has 7 heteroatoms. The zero-order valence-corrected chi connectivity index (χ0v) is 18.3. The second-order valence-electron chi connectivity index (χ2n) is 6.33. The average molecular weight is 486 g/mol. The molecule has 1 heterocycles. The molecule has 0 aliphatic carbocycles. The summed E-state index contributed by atoms with van der Waals surface area (Å²) < 4.78 is 13.9. The van der Waals surface area contributed by atoms with Crippen LogP contribution in [0, 0.1) is 17.1 Å². The van der Waals surface area contributed by atoms with Crippen LogP contribution >= 0.6 is 35.3 Å². The second kappa shape index (κ2) is 10.5. The minimum atomic E-state index is -0.350. The molecule has 4 nitrogen and oxygen atoms in total. The number of nitrogens with one attached hydrogen (secondary N) is 2. The largest absolute Gasteiger partial charge is 0.357 e. The van der Waals surface area contributed by atoms with Gasteiger partial charge in [0.2, 0.25) is 0 Å². The number of rotatable bonds is 6. The van der Waals surface area contributed by atoms with E-state index < -0.39 is 0 Å². The van der Waals surface area contributed by atoms with Gasteiger partial charge in [-0.25, -0.2) is 9.38 Å². The second-order valence-corrected chi connectivity index (χ2v) is 7.28. The molecular formula is C19H24FIN4S. The Bertz CT molecular complexity index is 766. The summed E-state index contributed by atoms with van der Waals surface area (Å²) in [6, 6.07) is 10.5. The number of halogens is 2. The first-order valence-electron chi connectivity index (χ1n) is 8.21. The fourth-order valence-corrected chi connectivity index (χ4v) is 3.18. The zero-order chi connectivity index (χ0) is 18.3. The van der Waals surface area contributed by atoms with E-state index in [1.165, 1.54) is 23.1 Å². The van der Waals surface area contributed by atoms with Crippen LogP contribution in [-0.2, 0) is 12.0 Å². The number of nitrogens with zero attached hydrogens (tertiary/aromatic N) is 2. The van der Waals surface area contributed by atoms with Crippen LogP contribution in [-0.4, -0.2) is 19.0 Å². The zero-order valence-electron chi connectivity index (χ0n) is 15.2. The maximum absolute atomic E-state index is 13.9. The summed E-state index contributed by atoms with van der Waals surface area (Å²) in [5.74, 6) is 0.284. The summed E-state index contributed by atoms with van der Waals surface area (Å²) in [7, 11) is 0. The van der Waals surface area contributed by atoms with E-state index in [1.54, 1.807) is 11.3 Å². The van der Waals surface area contributed by atoms with Gasteiger partial charge in [-0.05, 0) is 36.6 Å². The van der Waals surface area contributed by atoms with Gasteiger partial charge < -0.3 is 10.6 Å². The van der Waals surface area contributed by atoms with Crippen molar-refractivity contribution in [2.24, 2.45) is 4.99 Å². The van der Waals surface area contributed by atoms with Gasteiger partial charge in [0.15, 0.2) is 5.96 Å². The molecule has 0 radical (unpaired) electrons. The van der Waals surface area contributed by atoms with Gasteiger partial charge >= 0.3 is 0 Å². The van der Waals surface area contributed by atoms with Crippen molar-refractivity contribution in [2.45, 2.75) is 32.7 Å². The Morgan fingerprint density at radius 3 is 2.69 bits per heavy atom. The number of hydrogen-bond acceptors (Lipinski definition) is 3. The third kappa shape index (κ3) is 6.25. The molecule has 0 saturated carbocycles. The van der Waals surface area contributed by atoms with Crippen LogP contribution in [0.5, 0.6) is 0 Å². The van der Waals surface area contributed by atoms with E-state index in [0.29, 0.717) is 30.2 Å². The Morgan fingerprint density at radius 1 is 1.31 bits per heavy atom. The van der Waals surface area contributed by atoms with Crippen molar-refractivity contribution < 1.29 is 4.39 Å². The molecule has 0 aliphatic rings. The normalized spacial score (nSPS) is 11.4. The van der Waals surface area contributed by atoms with Crippen LogP contribution in [0.4, 0.5) is 4.39 Å². The number of hydrogen-bond donors (Lipinski definition) is 2. The Labute approximate surface area is 175 Å². The monoisotopic (exact) mass is 486 g/mol. The predicted molar refractivity (Wildman–Crippen MR) is 117 cm³/mol. The van der Waals surface area contributed by atoms with E-state index in [-0.39, 0.29) is 41.8 Å². The SMILES string of the molecule is CCNC(=NCc1cc(C#N)ccc1F)NCC(C)(C)c1cccs1.I. The van der Waals surface area contributed by atoms with Crippen molar-refractivity contribution in [3.63, 3.8) is 0 Å². The first-order chi connectivity index (χ1) is 12.0. The van der Waals surface area contributed by atoms with Crippen molar-refractivity contribution in [3.8, 4) is 6.07 Å². The molecule has 1 aromatic heterocycles. The van der Waals surface area contributed by atoms with Crippen molar-refractivity contribution in [2.75, 3.05) is 13.1 Å². The minimum Gasteiger partial charge on any atom is -0.357 e. The molecule has 2 aromatic rings. The van der Waals surface area contributed by atoms with E-state index >= 15 is 0 Å². The predicted octanol–water partition coefficient (Wildman–Crippen LogP) is 4.41. The molecule has 26 heavy (non-hydrogen) atoms. The lowest BCUT2D eigenvalue weighted by atomic mass is 9.91. The minimum absolute atomic E-state index is 0. The van der Waals surface area contributed by atoms with Gasteiger partial charge in [0.25, 0.3) is 0 Å². The molecule has 0 atom stereocenters. The van der Waals surface area contributed by atoms with Crippen LogP contribution in [0.1, 0.15) is 36.8 Å². The van der Waals surface area contributed by atoms with Gasteiger partial charge in [-0.3, -0.25) is 0 Å². The summed E-state index contributed by atoms with van der Waals surface area (Å²) in [5.41, 5.74) is 0.813. The van der Waals surface area contributed by atoms with Gasteiger partial charge in [-0.1, -0.05) is 19.9 Å². The highest BCUT2D eigenvalue weighted by Gasteiger charge is 2.21. The summed E-state index contributed by atoms with van der Waals surface area (Å²) in [4.78, 5) is 5.75. The van der Waals surface area contributed by atoms with Gasteiger partial charge in [0, 0.05) is 28.9 Å².